The van der Waals surface area contributed by atoms with Crippen LogP contribution in [0.4, 0.5) is 0 Å². The Morgan fingerprint density at radius 3 is 2.59 bits per heavy atom. The highest BCUT2D eigenvalue weighted by Gasteiger charge is 2.33. The summed E-state index contributed by atoms with van der Waals surface area (Å²) >= 11 is 0. The fraction of sp³-hybridized carbons (Fsp3) is 0.250. The Morgan fingerprint density at radius 2 is 1.89 bits per heavy atom. The number of fused-ring (bicyclic) bond motifs is 6. The third-order valence-corrected chi connectivity index (χ3v) is 6.27. The Labute approximate surface area is 220 Å². The first-order valence-electron chi connectivity index (χ1n) is 11.7. The predicted molar refractivity (Wildman–Crippen MR) is 143 cm³/mol. The Hall–Kier alpha value is -4.06. The van der Waals surface area contributed by atoms with Crippen LogP contribution in [-0.4, -0.2) is 56.1 Å². The molecule has 1 unspecified atom stereocenters. The number of benzene rings is 2. The number of ether oxygens (including phenoxy) is 3. The number of rotatable bonds is 7. The largest absolute Gasteiger partial charge is 0.492 e. The van der Waals surface area contributed by atoms with Crippen molar-refractivity contribution in [3.05, 3.63) is 65.6 Å². The van der Waals surface area contributed by atoms with Gasteiger partial charge in [0.05, 0.1) is 18.2 Å². The molecule has 3 heterocycles. The first kappa shape index (κ1) is 24.6. The molecule has 0 fully saturated rings. The quantitative estimate of drug-likeness (QED) is 0.240. The molecule has 0 saturated heterocycles. The zero-order valence-electron chi connectivity index (χ0n) is 20.4. The molecular formula is C28H26ClN3O5. The predicted octanol–water partition coefficient (Wildman–Crippen LogP) is 5.02. The summed E-state index contributed by atoms with van der Waals surface area (Å²) in [6.45, 7) is 2.42. The Balaban J connectivity index is 0.00000280. The van der Waals surface area contributed by atoms with Gasteiger partial charge in [-0.2, -0.15) is 0 Å². The van der Waals surface area contributed by atoms with E-state index in [1.54, 1.807) is 18.6 Å². The second-order valence-electron chi connectivity index (χ2n) is 8.92. The highest BCUT2D eigenvalue weighted by molar-refractivity contribution is 6.30. The number of halogens is 1. The maximum atomic E-state index is 6.01. The van der Waals surface area contributed by atoms with E-state index in [9.17, 15) is 0 Å². The van der Waals surface area contributed by atoms with Gasteiger partial charge in [-0.05, 0) is 50.5 Å². The van der Waals surface area contributed by atoms with Crippen molar-refractivity contribution >= 4 is 29.0 Å². The van der Waals surface area contributed by atoms with Gasteiger partial charge in [-0.3, -0.25) is 0 Å². The van der Waals surface area contributed by atoms with E-state index in [-0.39, 0.29) is 12.4 Å². The minimum atomic E-state index is -0.684. The lowest BCUT2D eigenvalue weighted by molar-refractivity contribution is 0.0996. The molecule has 1 atom stereocenters. The van der Waals surface area contributed by atoms with Gasteiger partial charge in [0.15, 0.2) is 11.5 Å². The molecule has 6 rings (SSSR count). The zero-order chi connectivity index (χ0) is 24.6. The molecule has 1 aliphatic heterocycles. The summed E-state index contributed by atoms with van der Waals surface area (Å²) in [6.07, 6.45) is 8.17. The van der Waals surface area contributed by atoms with Gasteiger partial charge in [0.25, 0.3) is 0 Å². The fourth-order valence-electron chi connectivity index (χ4n) is 4.49. The average Bonchev–Trinajstić information content (AvgIpc) is 3.60. The highest BCUT2D eigenvalue weighted by Crippen LogP contribution is 2.46. The van der Waals surface area contributed by atoms with Crippen molar-refractivity contribution in [2.24, 2.45) is 5.16 Å². The smallest absolute Gasteiger partial charge is 0.215 e. The molecule has 0 spiro atoms. The monoisotopic (exact) mass is 519 g/mol. The molecule has 1 aliphatic carbocycles. The lowest BCUT2D eigenvalue weighted by atomic mass is 10.1. The molecule has 1 N–H and O–H groups in total. The lowest BCUT2D eigenvalue weighted by Crippen LogP contribution is -2.19. The standard InChI is InChI=1S/C28H25N3O5.ClH/c1-4-23(17-7-9-32-16-17)36-30-28-20-15-25-24(34-11-12-35-25)14-19(20)27-26(28)21-13-18(5-6-22(21)29-27)33-10-8-31(2)3;/h1,5-7,9,13-16,23,29H,8,10-12H2,2-3H3;1H/b30-28-;. The molecule has 0 amide bonds. The molecule has 0 bridgehead atoms. The Bertz CT molecular complexity index is 1500. The topological polar surface area (TPSA) is 81.5 Å². The van der Waals surface area contributed by atoms with Crippen molar-refractivity contribution in [2.75, 3.05) is 40.5 Å². The summed E-state index contributed by atoms with van der Waals surface area (Å²) in [5.74, 6) is 4.80. The minimum absolute atomic E-state index is 0. The number of hydrogen-bond donors (Lipinski definition) is 1. The van der Waals surface area contributed by atoms with Crippen LogP contribution < -0.4 is 14.2 Å². The molecule has 8 nitrogen and oxygen atoms in total. The van der Waals surface area contributed by atoms with Crippen LogP contribution in [-0.2, 0) is 4.84 Å². The van der Waals surface area contributed by atoms with Crippen molar-refractivity contribution < 1.29 is 23.5 Å². The SMILES string of the molecule is C#CC(O/N=C1/c2cc3c(cc2-c2[nH]c4ccc(OCCN(C)C)cc4c21)OCCO3)c1ccoc1.Cl. The van der Waals surface area contributed by atoms with E-state index in [1.807, 2.05) is 44.4 Å². The Morgan fingerprint density at radius 1 is 1.11 bits per heavy atom. The molecule has 2 aliphatic rings. The molecule has 37 heavy (non-hydrogen) atoms. The van der Waals surface area contributed by atoms with E-state index in [2.05, 4.69) is 21.0 Å². The van der Waals surface area contributed by atoms with Gasteiger partial charge in [-0.1, -0.05) is 11.1 Å². The third-order valence-electron chi connectivity index (χ3n) is 6.27. The van der Waals surface area contributed by atoms with Crippen LogP contribution >= 0.6 is 12.4 Å². The normalized spacial score (nSPS) is 15.1. The van der Waals surface area contributed by atoms with Gasteiger partial charge in [-0.25, -0.2) is 0 Å². The number of aromatic nitrogens is 1. The lowest BCUT2D eigenvalue weighted by Gasteiger charge is -2.19. The number of oxime groups is 1. The van der Waals surface area contributed by atoms with Crippen molar-refractivity contribution in [1.82, 2.24) is 9.88 Å². The number of furan rings is 1. The van der Waals surface area contributed by atoms with Gasteiger partial charge in [-0.15, -0.1) is 18.8 Å². The van der Waals surface area contributed by atoms with E-state index in [0.29, 0.717) is 37.0 Å². The van der Waals surface area contributed by atoms with Crippen LogP contribution in [0.25, 0.3) is 22.2 Å². The van der Waals surface area contributed by atoms with Crippen LogP contribution in [0.5, 0.6) is 17.2 Å². The number of hydrogen-bond acceptors (Lipinski definition) is 7. The van der Waals surface area contributed by atoms with Crippen LogP contribution in [0.3, 0.4) is 0 Å². The van der Waals surface area contributed by atoms with Gasteiger partial charge >= 0.3 is 0 Å². The number of likely N-dealkylation sites (N-methyl/N-ethyl adjacent to an activating group) is 1. The summed E-state index contributed by atoms with van der Waals surface area (Å²) in [5, 5.41) is 5.57. The van der Waals surface area contributed by atoms with Crippen molar-refractivity contribution in [1.29, 1.82) is 0 Å². The number of H-pyrrole nitrogens is 1. The van der Waals surface area contributed by atoms with Crippen molar-refractivity contribution in [3.63, 3.8) is 0 Å². The van der Waals surface area contributed by atoms with Gasteiger partial charge < -0.3 is 33.3 Å². The molecular weight excluding hydrogens is 494 g/mol. The summed E-state index contributed by atoms with van der Waals surface area (Å²) < 4.78 is 22.9. The molecule has 0 saturated carbocycles. The van der Waals surface area contributed by atoms with Gasteiger partial charge in [0.2, 0.25) is 6.10 Å². The first-order chi connectivity index (χ1) is 17.6. The average molecular weight is 520 g/mol. The van der Waals surface area contributed by atoms with Crippen molar-refractivity contribution in [2.45, 2.75) is 6.10 Å². The van der Waals surface area contributed by atoms with E-state index in [4.69, 9.17) is 29.9 Å². The molecule has 9 heteroatoms. The van der Waals surface area contributed by atoms with E-state index in [0.717, 1.165) is 51.1 Å². The minimum Gasteiger partial charge on any atom is -0.492 e. The summed E-state index contributed by atoms with van der Waals surface area (Å²) in [5.41, 5.74) is 6.05. The number of terminal acetylenes is 1. The first-order valence-corrected chi connectivity index (χ1v) is 11.7. The fourth-order valence-corrected chi connectivity index (χ4v) is 4.49. The maximum absolute atomic E-state index is 6.01. The van der Waals surface area contributed by atoms with Gasteiger partial charge in [0.1, 0.15) is 31.3 Å². The van der Waals surface area contributed by atoms with E-state index in [1.165, 1.54) is 0 Å². The van der Waals surface area contributed by atoms with Gasteiger partial charge in [0, 0.05) is 39.7 Å². The second-order valence-corrected chi connectivity index (χ2v) is 8.92. The zero-order valence-corrected chi connectivity index (χ0v) is 21.3. The van der Waals surface area contributed by atoms with Crippen LogP contribution in [0.2, 0.25) is 0 Å². The van der Waals surface area contributed by atoms with Crippen molar-refractivity contribution in [3.8, 4) is 40.8 Å². The molecule has 190 valence electrons. The molecule has 4 aromatic rings. The number of nitrogens with zero attached hydrogens (tertiary/aromatic N) is 2. The number of aromatic amines is 1. The molecule has 2 aromatic heterocycles. The summed E-state index contributed by atoms with van der Waals surface area (Å²) in [7, 11) is 4.04. The van der Waals surface area contributed by atoms with Crippen LogP contribution in [0.15, 0.2) is 58.5 Å². The van der Waals surface area contributed by atoms with Crippen LogP contribution in [0, 0.1) is 12.3 Å². The van der Waals surface area contributed by atoms with E-state index < -0.39 is 6.10 Å². The number of nitrogens with one attached hydrogen (secondary N) is 1. The van der Waals surface area contributed by atoms with E-state index >= 15 is 0 Å². The molecule has 0 radical (unpaired) electrons. The third kappa shape index (κ3) is 4.48. The second kappa shape index (κ2) is 10.1. The molecule has 2 aromatic carbocycles. The summed E-state index contributed by atoms with van der Waals surface area (Å²) in [6, 6.07) is 11.7. The van der Waals surface area contributed by atoms with Crippen LogP contribution in [0.1, 0.15) is 22.8 Å². The Kier molecular flexibility index (Phi) is 6.74. The maximum Gasteiger partial charge on any atom is 0.215 e. The summed E-state index contributed by atoms with van der Waals surface area (Å²) in [4.78, 5) is 11.5. The highest BCUT2D eigenvalue weighted by atomic mass is 35.5.